The maximum Gasteiger partial charge on any atom is 0.185 e. The van der Waals surface area contributed by atoms with Gasteiger partial charge in [0, 0.05) is 18.8 Å². The molecule has 26 heavy (non-hydrogen) atoms. The van der Waals surface area contributed by atoms with Gasteiger partial charge in [0.15, 0.2) is 18.4 Å². The first-order chi connectivity index (χ1) is 12.8. The molecule has 1 fully saturated rings. The monoisotopic (exact) mass is 356 g/mol. The molecule has 0 aliphatic heterocycles. The molecule has 0 aromatic heterocycles. The smallest absolute Gasteiger partial charge is 0.185 e. The molecule has 0 bridgehead atoms. The van der Waals surface area contributed by atoms with Crippen LogP contribution < -0.4 is 4.90 Å². The summed E-state index contributed by atoms with van der Waals surface area (Å²) in [5.41, 5.74) is 2.13. The molecule has 0 atom stereocenters. The Morgan fingerprint density at radius 1 is 1.08 bits per heavy atom. The molecule has 0 radical (unpaired) electrons. The van der Waals surface area contributed by atoms with Crippen LogP contribution in [0.25, 0.3) is 6.08 Å². The molecule has 4 heteroatoms. The first kappa shape index (κ1) is 20.2. The molecule has 1 aliphatic rings. The van der Waals surface area contributed by atoms with E-state index in [1.165, 1.54) is 44.2 Å². The van der Waals surface area contributed by atoms with Crippen molar-refractivity contribution >= 4 is 24.5 Å². The Bertz CT molecular complexity index is 581. The summed E-state index contributed by atoms with van der Waals surface area (Å²) in [6.45, 7) is 6.24. The van der Waals surface area contributed by atoms with E-state index in [1.54, 1.807) is 6.08 Å². The second-order valence-corrected chi connectivity index (χ2v) is 6.80. The molecular weight excluding hydrogens is 324 g/mol. The quantitative estimate of drug-likeness (QED) is 0.210. The number of aliphatic imine (C=N–C) groups is 1. The molecule has 0 saturated heterocycles. The lowest BCUT2D eigenvalue weighted by Crippen LogP contribution is -2.21. The zero-order valence-electron chi connectivity index (χ0n) is 16.2. The van der Waals surface area contributed by atoms with Gasteiger partial charge >= 0.3 is 0 Å². The Hall–Kier alpha value is -2.10. The van der Waals surface area contributed by atoms with E-state index in [4.69, 9.17) is 4.74 Å². The molecule has 1 aliphatic carbocycles. The predicted molar refractivity (Wildman–Crippen MR) is 110 cm³/mol. The van der Waals surface area contributed by atoms with Gasteiger partial charge in [0.1, 0.15) is 0 Å². The van der Waals surface area contributed by atoms with E-state index in [-0.39, 0.29) is 5.76 Å². The highest BCUT2D eigenvalue weighted by Crippen LogP contribution is 2.19. The largest absolute Gasteiger partial charge is 0.443 e. The van der Waals surface area contributed by atoms with Gasteiger partial charge in [-0.3, -0.25) is 9.79 Å². The molecular formula is C22H32N2O2. The van der Waals surface area contributed by atoms with Gasteiger partial charge in [0.05, 0.1) is 6.04 Å². The minimum atomic E-state index is 0.287. The van der Waals surface area contributed by atoms with Gasteiger partial charge < -0.3 is 9.64 Å². The van der Waals surface area contributed by atoms with Crippen LogP contribution in [0, 0.1) is 0 Å². The number of rotatable bonds is 8. The van der Waals surface area contributed by atoms with Crippen molar-refractivity contribution in [2.45, 2.75) is 64.8 Å². The summed E-state index contributed by atoms with van der Waals surface area (Å²) in [5.74, 6) is 0.287. The number of nitrogens with zero attached hydrogens (tertiary/aromatic N) is 2. The summed E-state index contributed by atoms with van der Waals surface area (Å²) in [7, 11) is 0. The average molecular weight is 357 g/mol. The van der Waals surface area contributed by atoms with E-state index < -0.39 is 0 Å². The standard InChI is InChI=1S/C22H32N2O2/c1-3-24(4-2)21-14-12-19(13-15-21)16-22(17-25)26-18-23-20-10-8-6-5-7-9-11-20/h12-18,20H,3-11H2,1-2H3/b22-16+,23-18?. The third-order valence-electron chi connectivity index (χ3n) is 4.98. The van der Waals surface area contributed by atoms with Crippen LogP contribution in [0.1, 0.15) is 64.4 Å². The lowest BCUT2D eigenvalue weighted by atomic mass is 9.97. The summed E-state index contributed by atoms with van der Waals surface area (Å²) >= 11 is 0. The highest BCUT2D eigenvalue weighted by Gasteiger charge is 2.09. The molecule has 0 N–H and O–H groups in total. The molecule has 0 amide bonds. The number of allylic oxidation sites excluding steroid dienone is 1. The fraction of sp³-hybridized carbons (Fsp3) is 0.545. The van der Waals surface area contributed by atoms with Crippen molar-refractivity contribution in [3.05, 3.63) is 35.6 Å². The summed E-state index contributed by atoms with van der Waals surface area (Å²) in [4.78, 5) is 18.1. The van der Waals surface area contributed by atoms with Crippen LogP contribution in [0.4, 0.5) is 5.69 Å². The van der Waals surface area contributed by atoms with Gasteiger partial charge in [-0.2, -0.15) is 0 Å². The highest BCUT2D eigenvalue weighted by atomic mass is 16.5. The topological polar surface area (TPSA) is 41.9 Å². The maximum atomic E-state index is 11.3. The number of hydrogen-bond acceptors (Lipinski definition) is 4. The number of aldehydes is 1. The first-order valence-corrected chi connectivity index (χ1v) is 9.97. The molecule has 1 aromatic carbocycles. The van der Waals surface area contributed by atoms with Crippen molar-refractivity contribution in [1.29, 1.82) is 0 Å². The Labute approximate surface area is 158 Å². The van der Waals surface area contributed by atoms with E-state index >= 15 is 0 Å². The predicted octanol–water partition coefficient (Wildman–Crippen LogP) is 5.23. The second-order valence-electron chi connectivity index (χ2n) is 6.80. The molecule has 1 aromatic rings. The van der Waals surface area contributed by atoms with Crippen LogP contribution in [-0.4, -0.2) is 31.8 Å². The molecule has 0 unspecified atom stereocenters. The minimum absolute atomic E-state index is 0.287. The lowest BCUT2D eigenvalue weighted by molar-refractivity contribution is -0.106. The highest BCUT2D eigenvalue weighted by molar-refractivity contribution is 5.81. The van der Waals surface area contributed by atoms with Crippen LogP contribution in [0.3, 0.4) is 0 Å². The van der Waals surface area contributed by atoms with E-state index in [0.29, 0.717) is 6.04 Å². The van der Waals surface area contributed by atoms with Gasteiger partial charge in [0.2, 0.25) is 0 Å². The van der Waals surface area contributed by atoms with Crippen molar-refractivity contribution in [2.24, 2.45) is 4.99 Å². The number of ether oxygens (including phenoxy) is 1. The Kier molecular flexibility index (Phi) is 8.94. The van der Waals surface area contributed by atoms with Crippen molar-refractivity contribution in [2.75, 3.05) is 18.0 Å². The third kappa shape index (κ3) is 6.66. The maximum absolute atomic E-state index is 11.3. The lowest BCUT2D eigenvalue weighted by Gasteiger charge is -2.20. The normalized spacial score (nSPS) is 16.9. The van der Waals surface area contributed by atoms with Crippen LogP contribution in [0.5, 0.6) is 0 Å². The SMILES string of the molecule is CCN(CC)c1ccc(/C=C(\C=O)OC=NC2CCCCCCC2)cc1. The zero-order valence-corrected chi connectivity index (χ0v) is 16.2. The van der Waals surface area contributed by atoms with Crippen LogP contribution in [0.2, 0.25) is 0 Å². The van der Waals surface area contributed by atoms with E-state index in [1.807, 2.05) is 12.1 Å². The molecule has 0 spiro atoms. The van der Waals surface area contributed by atoms with Crippen molar-refractivity contribution in [3.63, 3.8) is 0 Å². The summed E-state index contributed by atoms with van der Waals surface area (Å²) in [6.07, 6.45) is 12.6. The zero-order chi connectivity index (χ0) is 18.6. The molecule has 4 nitrogen and oxygen atoms in total. The minimum Gasteiger partial charge on any atom is -0.443 e. The van der Waals surface area contributed by atoms with E-state index in [9.17, 15) is 4.79 Å². The molecule has 1 saturated carbocycles. The Balaban J connectivity index is 1.94. The summed E-state index contributed by atoms with van der Waals surface area (Å²) in [6, 6.07) is 8.49. The van der Waals surface area contributed by atoms with Gasteiger partial charge in [-0.15, -0.1) is 0 Å². The number of benzene rings is 1. The summed E-state index contributed by atoms with van der Waals surface area (Å²) < 4.78 is 5.48. The number of hydrogen-bond donors (Lipinski definition) is 0. The first-order valence-electron chi connectivity index (χ1n) is 9.97. The fourth-order valence-corrected chi connectivity index (χ4v) is 3.39. The summed E-state index contributed by atoms with van der Waals surface area (Å²) in [5, 5.41) is 0. The van der Waals surface area contributed by atoms with Crippen molar-refractivity contribution < 1.29 is 9.53 Å². The number of carbonyl (C=O) groups is 1. The van der Waals surface area contributed by atoms with Crippen LogP contribution >= 0.6 is 0 Å². The number of anilines is 1. The average Bonchev–Trinajstić information content (AvgIpc) is 2.64. The van der Waals surface area contributed by atoms with E-state index in [2.05, 4.69) is 35.9 Å². The van der Waals surface area contributed by atoms with Gasteiger partial charge in [-0.25, -0.2) is 0 Å². The Morgan fingerprint density at radius 3 is 2.27 bits per heavy atom. The molecule has 0 heterocycles. The van der Waals surface area contributed by atoms with Gasteiger partial charge in [-0.05, 0) is 50.5 Å². The fourth-order valence-electron chi connectivity index (χ4n) is 3.39. The van der Waals surface area contributed by atoms with Crippen molar-refractivity contribution in [3.8, 4) is 0 Å². The second kappa shape index (κ2) is 11.5. The Morgan fingerprint density at radius 2 is 1.69 bits per heavy atom. The number of carbonyl (C=O) groups excluding carboxylic acids is 1. The molecule has 2 rings (SSSR count). The van der Waals surface area contributed by atoms with Crippen molar-refractivity contribution in [1.82, 2.24) is 0 Å². The van der Waals surface area contributed by atoms with E-state index in [0.717, 1.165) is 37.8 Å². The molecule has 142 valence electrons. The van der Waals surface area contributed by atoms with Gasteiger partial charge in [0.25, 0.3) is 0 Å². The third-order valence-corrected chi connectivity index (χ3v) is 4.98. The van der Waals surface area contributed by atoms with Crippen LogP contribution in [0.15, 0.2) is 35.0 Å². The van der Waals surface area contributed by atoms with Crippen LogP contribution in [-0.2, 0) is 9.53 Å². The van der Waals surface area contributed by atoms with Gasteiger partial charge in [-0.1, -0.05) is 44.2 Å².